The summed E-state index contributed by atoms with van der Waals surface area (Å²) in [5, 5.41) is 13.9. The second-order valence-electron chi connectivity index (χ2n) is 4.11. The minimum Gasteiger partial charge on any atom is -0.507 e. The third kappa shape index (κ3) is 3.20. The van der Waals surface area contributed by atoms with Crippen LogP contribution in [-0.4, -0.2) is 21.7 Å². The Bertz CT molecular complexity index is 624. The summed E-state index contributed by atoms with van der Waals surface area (Å²) in [6, 6.07) is 10.2. The number of aromatic nitrogens is 1. The van der Waals surface area contributed by atoms with E-state index in [9.17, 15) is 9.90 Å². The van der Waals surface area contributed by atoms with Gasteiger partial charge in [0.05, 0.1) is 11.3 Å². The quantitative estimate of drug-likeness (QED) is 0.660. The molecule has 102 valence electrons. The van der Waals surface area contributed by atoms with E-state index < -0.39 is 0 Å². The van der Waals surface area contributed by atoms with Crippen LogP contribution in [0.15, 0.2) is 53.9 Å². The summed E-state index contributed by atoms with van der Waals surface area (Å²) >= 11 is 0. The highest BCUT2D eigenvalue weighted by Gasteiger charge is 2.08. The predicted octanol–water partition coefficient (Wildman–Crippen LogP) is 2.33. The average molecular weight is 269 g/mol. The van der Waals surface area contributed by atoms with Crippen LogP contribution >= 0.6 is 0 Å². The van der Waals surface area contributed by atoms with Crippen LogP contribution in [0, 0.1) is 0 Å². The molecule has 2 rings (SSSR count). The van der Waals surface area contributed by atoms with Crippen molar-refractivity contribution in [1.82, 2.24) is 10.4 Å². The van der Waals surface area contributed by atoms with E-state index in [0.717, 1.165) is 0 Å². The first kappa shape index (κ1) is 13.7. The van der Waals surface area contributed by atoms with Crippen LogP contribution in [0.1, 0.15) is 29.3 Å². The third-order valence-electron chi connectivity index (χ3n) is 2.77. The smallest absolute Gasteiger partial charge is 0.272 e. The van der Waals surface area contributed by atoms with Crippen LogP contribution in [0.2, 0.25) is 0 Å². The molecule has 0 unspecified atom stereocenters. The number of phenolic OH excluding ortho intramolecular Hbond substituents is 1. The number of nitrogens with one attached hydrogen (secondary N) is 1. The Labute approximate surface area is 117 Å². The maximum absolute atomic E-state index is 11.9. The van der Waals surface area contributed by atoms with Crippen molar-refractivity contribution in [1.29, 1.82) is 0 Å². The van der Waals surface area contributed by atoms with Crippen molar-refractivity contribution in [2.45, 2.75) is 13.3 Å². The lowest BCUT2D eigenvalue weighted by Crippen LogP contribution is -2.20. The number of carbonyl (C=O) groups is 1. The summed E-state index contributed by atoms with van der Waals surface area (Å²) < 4.78 is 0. The Balaban J connectivity index is 2.17. The molecule has 0 bridgehead atoms. The number of para-hydroxylation sites is 1. The number of hydrogen-bond acceptors (Lipinski definition) is 4. The second-order valence-corrected chi connectivity index (χ2v) is 4.11. The van der Waals surface area contributed by atoms with E-state index in [1.165, 1.54) is 6.20 Å². The minimum absolute atomic E-state index is 0.142. The third-order valence-corrected chi connectivity index (χ3v) is 2.77. The molecule has 0 aliphatic rings. The maximum atomic E-state index is 11.9. The molecule has 2 N–H and O–H groups in total. The highest BCUT2D eigenvalue weighted by molar-refractivity contribution is 6.03. The Morgan fingerprint density at radius 2 is 2.10 bits per heavy atom. The Hall–Kier alpha value is -2.69. The van der Waals surface area contributed by atoms with E-state index in [4.69, 9.17) is 0 Å². The first-order valence-electron chi connectivity index (χ1n) is 6.27. The van der Waals surface area contributed by atoms with Crippen molar-refractivity contribution < 1.29 is 9.90 Å². The molecule has 0 fully saturated rings. The number of aromatic hydroxyl groups is 1. The molecule has 0 saturated carbocycles. The van der Waals surface area contributed by atoms with Crippen LogP contribution in [0.4, 0.5) is 0 Å². The van der Waals surface area contributed by atoms with Gasteiger partial charge >= 0.3 is 0 Å². The zero-order valence-electron chi connectivity index (χ0n) is 11.1. The van der Waals surface area contributed by atoms with Crippen LogP contribution in [0.25, 0.3) is 0 Å². The van der Waals surface area contributed by atoms with Crippen LogP contribution < -0.4 is 5.43 Å². The summed E-state index contributed by atoms with van der Waals surface area (Å²) in [6.07, 6.45) is 3.65. The van der Waals surface area contributed by atoms with Crippen molar-refractivity contribution in [2.75, 3.05) is 0 Å². The fourth-order valence-electron chi connectivity index (χ4n) is 1.73. The van der Waals surface area contributed by atoms with Gasteiger partial charge in [-0.1, -0.05) is 19.1 Å². The number of amides is 1. The highest BCUT2D eigenvalue weighted by Crippen LogP contribution is 2.17. The normalized spacial score (nSPS) is 11.2. The van der Waals surface area contributed by atoms with Gasteiger partial charge in [-0.05, 0) is 30.7 Å². The number of rotatable bonds is 4. The lowest BCUT2D eigenvalue weighted by molar-refractivity contribution is 0.0954. The topological polar surface area (TPSA) is 74.6 Å². The van der Waals surface area contributed by atoms with Gasteiger partial charge in [-0.25, -0.2) is 5.43 Å². The van der Waals surface area contributed by atoms with Gasteiger partial charge in [0, 0.05) is 18.0 Å². The van der Waals surface area contributed by atoms with Gasteiger partial charge < -0.3 is 5.11 Å². The molecule has 1 aromatic carbocycles. The first-order chi connectivity index (χ1) is 9.72. The predicted molar refractivity (Wildman–Crippen MR) is 76.6 cm³/mol. The fourth-order valence-corrected chi connectivity index (χ4v) is 1.73. The van der Waals surface area contributed by atoms with Gasteiger partial charge in [-0.2, -0.15) is 5.10 Å². The number of hydrazone groups is 1. The molecule has 0 atom stereocenters. The molecule has 5 heteroatoms. The summed E-state index contributed by atoms with van der Waals surface area (Å²) in [5.41, 5.74) is 4.13. The van der Waals surface area contributed by atoms with Gasteiger partial charge in [0.1, 0.15) is 5.75 Å². The molecule has 20 heavy (non-hydrogen) atoms. The molecule has 0 spiro atoms. The second kappa shape index (κ2) is 6.47. The molecule has 0 aliphatic carbocycles. The summed E-state index contributed by atoms with van der Waals surface area (Å²) in [6.45, 7) is 1.90. The molecule has 1 aromatic heterocycles. The van der Waals surface area contributed by atoms with E-state index >= 15 is 0 Å². The minimum atomic E-state index is -0.334. The van der Waals surface area contributed by atoms with Crippen molar-refractivity contribution >= 4 is 11.6 Å². The SMILES string of the molecule is CCC(=NNC(=O)c1cccnc1)c1ccccc1O. The molecule has 5 nitrogen and oxygen atoms in total. The van der Waals surface area contributed by atoms with Crippen molar-refractivity contribution in [2.24, 2.45) is 5.10 Å². The Morgan fingerprint density at radius 3 is 2.75 bits per heavy atom. The largest absolute Gasteiger partial charge is 0.507 e. The molecule has 0 saturated heterocycles. The van der Waals surface area contributed by atoms with Gasteiger partial charge in [-0.3, -0.25) is 9.78 Å². The van der Waals surface area contributed by atoms with Gasteiger partial charge in [0.2, 0.25) is 0 Å². The number of hydrogen-bond donors (Lipinski definition) is 2. The highest BCUT2D eigenvalue weighted by atomic mass is 16.3. The van der Waals surface area contributed by atoms with Crippen molar-refractivity contribution in [3.05, 3.63) is 59.9 Å². The van der Waals surface area contributed by atoms with Crippen LogP contribution in [-0.2, 0) is 0 Å². The van der Waals surface area contributed by atoms with Gasteiger partial charge in [0.15, 0.2) is 0 Å². The summed E-state index contributed by atoms with van der Waals surface area (Å²) in [7, 11) is 0. The molecule has 1 amide bonds. The standard InChI is InChI=1S/C15H15N3O2/c1-2-13(12-7-3-4-8-14(12)19)17-18-15(20)11-6-5-9-16-10-11/h3-10,19H,2H2,1H3,(H,18,20). The summed E-state index contributed by atoms with van der Waals surface area (Å²) in [4.78, 5) is 15.7. The average Bonchev–Trinajstić information content (AvgIpc) is 2.50. The molecule has 0 radical (unpaired) electrons. The van der Waals surface area contributed by atoms with Gasteiger partial charge in [-0.15, -0.1) is 0 Å². The molecule has 1 heterocycles. The zero-order chi connectivity index (χ0) is 14.4. The Kier molecular flexibility index (Phi) is 4.44. The maximum Gasteiger partial charge on any atom is 0.272 e. The van der Waals surface area contributed by atoms with E-state index in [2.05, 4.69) is 15.5 Å². The molecule has 0 aliphatic heterocycles. The molecular formula is C15H15N3O2. The zero-order valence-corrected chi connectivity index (χ0v) is 11.1. The number of pyridine rings is 1. The number of phenols is 1. The summed E-state index contributed by atoms with van der Waals surface area (Å²) in [5.74, 6) is -0.191. The number of nitrogens with zero attached hydrogens (tertiary/aromatic N) is 2. The van der Waals surface area contributed by atoms with Crippen LogP contribution in [0.5, 0.6) is 5.75 Å². The van der Waals surface area contributed by atoms with Crippen LogP contribution in [0.3, 0.4) is 0 Å². The molecular weight excluding hydrogens is 254 g/mol. The van der Waals surface area contributed by atoms with E-state index in [0.29, 0.717) is 23.3 Å². The Morgan fingerprint density at radius 1 is 1.30 bits per heavy atom. The number of benzene rings is 1. The number of carbonyl (C=O) groups excluding carboxylic acids is 1. The monoisotopic (exact) mass is 269 g/mol. The van der Waals surface area contributed by atoms with E-state index in [-0.39, 0.29) is 11.7 Å². The molecule has 2 aromatic rings. The van der Waals surface area contributed by atoms with Crippen molar-refractivity contribution in [3.8, 4) is 5.75 Å². The van der Waals surface area contributed by atoms with Crippen molar-refractivity contribution in [3.63, 3.8) is 0 Å². The lowest BCUT2D eigenvalue weighted by Gasteiger charge is -2.07. The lowest BCUT2D eigenvalue weighted by atomic mass is 10.1. The van der Waals surface area contributed by atoms with E-state index in [1.54, 1.807) is 36.5 Å². The first-order valence-corrected chi connectivity index (χ1v) is 6.27. The van der Waals surface area contributed by atoms with Gasteiger partial charge in [0.25, 0.3) is 5.91 Å². The van der Waals surface area contributed by atoms with E-state index in [1.807, 2.05) is 13.0 Å². The fraction of sp³-hybridized carbons (Fsp3) is 0.133.